The summed E-state index contributed by atoms with van der Waals surface area (Å²) in [6.45, 7) is 5.48. The number of ether oxygens (including phenoxy) is 2. The van der Waals surface area contributed by atoms with Crippen molar-refractivity contribution in [3.8, 4) is 0 Å². The minimum atomic E-state index is 0.156. The van der Waals surface area contributed by atoms with Crippen LogP contribution in [0.3, 0.4) is 0 Å². The summed E-state index contributed by atoms with van der Waals surface area (Å²) in [7, 11) is 1.96. The number of piperidine rings is 1. The smallest absolute Gasteiger partial charge is 0.248 e. The maximum Gasteiger partial charge on any atom is 0.248 e. The average Bonchev–Trinajstić information content (AvgIpc) is 3.13. The van der Waals surface area contributed by atoms with Crippen molar-refractivity contribution in [1.82, 2.24) is 9.80 Å². The first-order valence-electron chi connectivity index (χ1n) is 9.89. The first-order chi connectivity index (χ1) is 11.7. The first-order valence-corrected chi connectivity index (χ1v) is 9.89. The molecule has 0 unspecified atom stereocenters. The molecule has 3 fully saturated rings. The molecule has 1 saturated carbocycles. The van der Waals surface area contributed by atoms with Gasteiger partial charge in [0, 0.05) is 39.3 Å². The fraction of sp³-hybridized carbons (Fsp3) is 0.947. The molecular weight excluding hydrogens is 304 g/mol. The fourth-order valence-electron chi connectivity index (χ4n) is 4.31. The average molecular weight is 338 g/mol. The lowest BCUT2D eigenvalue weighted by Crippen LogP contribution is -2.47. The predicted octanol–water partition coefficient (Wildman–Crippen LogP) is 2.29. The topological polar surface area (TPSA) is 42.0 Å². The Bertz CT molecular complexity index is 384. The number of nitrogens with zero attached hydrogens (tertiary/aromatic N) is 2. The molecule has 0 bridgehead atoms. The van der Waals surface area contributed by atoms with E-state index in [1.807, 2.05) is 11.9 Å². The van der Waals surface area contributed by atoms with Crippen molar-refractivity contribution >= 4 is 5.91 Å². The summed E-state index contributed by atoms with van der Waals surface area (Å²) >= 11 is 0. The molecule has 2 saturated heterocycles. The van der Waals surface area contributed by atoms with Gasteiger partial charge in [0.1, 0.15) is 6.61 Å². The second-order valence-electron chi connectivity index (χ2n) is 7.84. The van der Waals surface area contributed by atoms with Crippen LogP contribution in [0, 0.1) is 5.92 Å². The van der Waals surface area contributed by atoms with Gasteiger partial charge in [-0.3, -0.25) is 4.79 Å². The van der Waals surface area contributed by atoms with E-state index < -0.39 is 0 Å². The number of hydrogen-bond donors (Lipinski definition) is 0. The normalized spacial score (nSPS) is 27.5. The molecule has 3 aliphatic rings. The predicted molar refractivity (Wildman–Crippen MR) is 94.0 cm³/mol. The number of carbonyl (C=O) groups excluding carboxylic acids is 1. The van der Waals surface area contributed by atoms with Crippen LogP contribution >= 0.6 is 0 Å². The highest BCUT2D eigenvalue weighted by Crippen LogP contribution is 2.22. The highest BCUT2D eigenvalue weighted by atomic mass is 16.5. The number of carbonyl (C=O) groups is 1. The van der Waals surface area contributed by atoms with Crippen molar-refractivity contribution < 1.29 is 14.3 Å². The molecule has 0 aromatic rings. The van der Waals surface area contributed by atoms with Crippen LogP contribution in [0.4, 0.5) is 0 Å². The number of amides is 1. The summed E-state index contributed by atoms with van der Waals surface area (Å²) < 4.78 is 11.3. The van der Waals surface area contributed by atoms with Gasteiger partial charge in [0.15, 0.2) is 0 Å². The van der Waals surface area contributed by atoms with E-state index in [0.29, 0.717) is 18.1 Å². The van der Waals surface area contributed by atoms with E-state index in [9.17, 15) is 4.79 Å². The molecular formula is C19H34N2O3. The largest absolute Gasteiger partial charge is 0.381 e. The maximum atomic E-state index is 12.4. The van der Waals surface area contributed by atoms with Gasteiger partial charge in [0.25, 0.3) is 0 Å². The van der Waals surface area contributed by atoms with E-state index in [-0.39, 0.29) is 12.5 Å². The van der Waals surface area contributed by atoms with Crippen LogP contribution in [0.15, 0.2) is 0 Å². The third kappa shape index (κ3) is 5.17. The summed E-state index contributed by atoms with van der Waals surface area (Å²) in [6, 6.07) is 0.378. The van der Waals surface area contributed by atoms with Gasteiger partial charge in [-0.2, -0.15) is 0 Å². The highest BCUT2D eigenvalue weighted by molar-refractivity contribution is 5.77. The van der Waals surface area contributed by atoms with Crippen molar-refractivity contribution in [2.75, 3.05) is 46.5 Å². The molecule has 0 N–H and O–H groups in total. The Labute approximate surface area is 146 Å². The summed E-state index contributed by atoms with van der Waals surface area (Å²) in [4.78, 5) is 16.9. The highest BCUT2D eigenvalue weighted by Gasteiger charge is 2.28. The quantitative estimate of drug-likeness (QED) is 0.745. The molecule has 3 rings (SSSR count). The van der Waals surface area contributed by atoms with E-state index >= 15 is 0 Å². The Balaban J connectivity index is 1.34. The molecule has 5 nitrogen and oxygen atoms in total. The molecule has 138 valence electrons. The van der Waals surface area contributed by atoms with Crippen molar-refractivity contribution in [1.29, 1.82) is 0 Å². The lowest BCUT2D eigenvalue weighted by atomic mass is 9.98. The van der Waals surface area contributed by atoms with Crippen LogP contribution in [0.5, 0.6) is 0 Å². The summed E-state index contributed by atoms with van der Waals surface area (Å²) in [5, 5.41) is 0. The van der Waals surface area contributed by atoms with E-state index in [2.05, 4.69) is 4.90 Å². The third-order valence-corrected chi connectivity index (χ3v) is 6.03. The molecule has 5 heteroatoms. The number of rotatable bonds is 6. The summed E-state index contributed by atoms with van der Waals surface area (Å²) in [5.41, 5.74) is 0. The molecule has 1 aliphatic carbocycles. The van der Waals surface area contributed by atoms with Gasteiger partial charge in [-0.05, 0) is 38.0 Å². The van der Waals surface area contributed by atoms with Gasteiger partial charge in [-0.25, -0.2) is 0 Å². The standard InChI is InChI=1S/C19H34N2O3/c1-20(19(22)15-24-18-5-3-2-4-6-18)17-7-10-21(11-8-17)13-16-9-12-23-14-16/h16-18H,2-15H2,1H3/t16-/m0/s1. The van der Waals surface area contributed by atoms with E-state index in [0.717, 1.165) is 58.5 Å². The Morgan fingerprint density at radius 3 is 2.54 bits per heavy atom. The van der Waals surface area contributed by atoms with Gasteiger partial charge in [-0.15, -0.1) is 0 Å². The SMILES string of the molecule is CN(C(=O)COC1CCCCC1)C1CCN(C[C@@H]2CCOC2)CC1. The van der Waals surface area contributed by atoms with Crippen LogP contribution in [-0.4, -0.2) is 74.4 Å². The van der Waals surface area contributed by atoms with E-state index in [4.69, 9.17) is 9.47 Å². The van der Waals surface area contributed by atoms with Gasteiger partial charge in [-0.1, -0.05) is 19.3 Å². The van der Waals surface area contributed by atoms with Crippen LogP contribution in [0.2, 0.25) is 0 Å². The van der Waals surface area contributed by atoms with Gasteiger partial charge >= 0.3 is 0 Å². The molecule has 0 aromatic carbocycles. The Morgan fingerprint density at radius 1 is 1.12 bits per heavy atom. The second kappa shape index (κ2) is 9.16. The van der Waals surface area contributed by atoms with E-state index in [1.165, 1.54) is 25.7 Å². The molecule has 24 heavy (non-hydrogen) atoms. The zero-order valence-electron chi connectivity index (χ0n) is 15.3. The molecule has 1 atom stereocenters. The number of likely N-dealkylation sites (N-methyl/N-ethyl adjacent to an activating group) is 1. The first kappa shape index (κ1) is 18.2. The van der Waals surface area contributed by atoms with Crippen molar-refractivity contribution in [2.24, 2.45) is 5.92 Å². The van der Waals surface area contributed by atoms with Crippen LogP contribution in [0.25, 0.3) is 0 Å². The Hall–Kier alpha value is -0.650. The minimum absolute atomic E-state index is 0.156. The van der Waals surface area contributed by atoms with Crippen LogP contribution < -0.4 is 0 Å². The molecule has 2 aliphatic heterocycles. The Morgan fingerprint density at radius 2 is 1.88 bits per heavy atom. The zero-order valence-corrected chi connectivity index (χ0v) is 15.3. The lowest BCUT2D eigenvalue weighted by molar-refractivity contribution is -0.140. The fourth-order valence-corrected chi connectivity index (χ4v) is 4.31. The number of likely N-dealkylation sites (tertiary alicyclic amines) is 1. The molecule has 0 aromatic heterocycles. The van der Waals surface area contributed by atoms with Gasteiger partial charge < -0.3 is 19.3 Å². The molecule has 0 radical (unpaired) electrons. The van der Waals surface area contributed by atoms with Crippen LogP contribution in [0.1, 0.15) is 51.4 Å². The number of hydrogen-bond acceptors (Lipinski definition) is 4. The van der Waals surface area contributed by atoms with Gasteiger partial charge in [0.05, 0.1) is 12.7 Å². The van der Waals surface area contributed by atoms with Crippen molar-refractivity contribution in [3.05, 3.63) is 0 Å². The molecule has 2 heterocycles. The van der Waals surface area contributed by atoms with E-state index in [1.54, 1.807) is 0 Å². The Kier molecular flexibility index (Phi) is 6.93. The minimum Gasteiger partial charge on any atom is -0.381 e. The van der Waals surface area contributed by atoms with Crippen molar-refractivity contribution in [2.45, 2.75) is 63.5 Å². The zero-order chi connectivity index (χ0) is 16.8. The molecule has 0 spiro atoms. The lowest BCUT2D eigenvalue weighted by Gasteiger charge is -2.37. The third-order valence-electron chi connectivity index (χ3n) is 6.03. The summed E-state index contributed by atoms with van der Waals surface area (Å²) in [5.74, 6) is 0.869. The summed E-state index contributed by atoms with van der Waals surface area (Å²) in [6.07, 6.45) is 9.75. The van der Waals surface area contributed by atoms with Gasteiger partial charge in [0.2, 0.25) is 5.91 Å². The molecule has 1 amide bonds. The second-order valence-corrected chi connectivity index (χ2v) is 7.84. The van der Waals surface area contributed by atoms with Crippen LogP contribution in [-0.2, 0) is 14.3 Å². The monoisotopic (exact) mass is 338 g/mol. The van der Waals surface area contributed by atoms with Crippen molar-refractivity contribution in [3.63, 3.8) is 0 Å². The maximum absolute atomic E-state index is 12.4.